The number of rotatable bonds is 5. The van der Waals surface area contributed by atoms with Gasteiger partial charge in [0.05, 0.1) is 6.61 Å². The van der Waals surface area contributed by atoms with Gasteiger partial charge in [-0.25, -0.2) is 0 Å². The molecule has 2 bridgehead atoms. The van der Waals surface area contributed by atoms with Crippen molar-refractivity contribution in [2.24, 2.45) is 23.5 Å². The van der Waals surface area contributed by atoms with Gasteiger partial charge in [0.15, 0.2) is 0 Å². The average molecular weight is 353 g/mol. The van der Waals surface area contributed by atoms with E-state index < -0.39 is 0 Å². The maximum Gasteiger partial charge on any atom is 0.227 e. The van der Waals surface area contributed by atoms with E-state index in [2.05, 4.69) is 12.2 Å². The highest BCUT2D eigenvalue weighted by Crippen LogP contribution is 2.42. The fraction of sp³-hybridized carbons (Fsp3) is 0.632. The molecule has 2 saturated carbocycles. The lowest BCUT2D eigenvalue weighted by Gasteiger charge is -2.43. The van der Waals surface area contributed by atoms with E-state index in [1.807, 2.05) is 24.3 Å². The molecule has 0 aromatic heterocycles. The Morgan fingerprint density at radius 1 is 1.21 bits per heavy atom. The summed E-state index contributed by atoms with van der Waals surface area (Å²) in [5, 5.41) is 3.06. The van der Waals surface area contributed by atoms with Gasteiger partial charge < -0.3 is 15.8 Å². The number of carbonyl (C=O) groups excluding carboxylic acids is 1. The molecule has 0 spiro atoms. The molecule has 2 atom stereocenters. The molecule has 0 heterocycles. The molecule has 2 aliphatic carbocycles. The zero-order valence-electron chi connectivity index (χ0n) is 14.4. The molecule has 2 aliphatic rings. The first-order chi connectivity index (χ1) is 11.2. The van der Waals surface area contributed by atoms with Crippen molar-refractivity contribution < 1.29 is 9.53 Å². The Bertz CT molecular complexity index is 521. The molecule has 3 rings (SSSR count). The summed E-state index contributed by atoms with van der Waals surface area (Å²) in [6, 6.07) is 7.97. The van der Waals surface area contributed by atoms with Crippen LogP contribution in [0.15, 0.2) is 24.3 Å². The molecule has 3 N–H and O–H groups in total. The van der Waals surface area contributed by atoms with Crippen LogP contribution in [0.3, 0.4) is 0 Å². The third-order valence-electron chi connectivity index (χ3n) is 5.38. The van der Waals surface area contributed by atoms with Crippen molar-refractivity contribution in [1.82, 2.24) is 0 Å². The van der Waals surface area contributed by atoms with Crippen molar-refractivity contribution in [3.63, 3.8) is 0 Å². The van der Waals surface area contributed by atoms with E-state index in [9.17, 15) is 4.79 Å². The first-order valence-electron chi connectivity index (χ1n) is 8.96. The van der Waals surface area contributed by atoms with Crippen molar-refractivity contribution in [3.8, 4) is 5.75 Å². The standard InChI is InChI=1S/C19H28N2O2.ClH/c1-2-10-23-17-8-6-16(7-9-17)21-19(22)15-11-13-4-3-5-14(12-15)18(13)20;/h6-9,13-15,18H,2-5,10-12,20H2,1H3,(H,21,22);1H. The van der Waals surface area contributed by atoms with Crippen LogP contribution in [0, 0.1) is 17.8 Å². The summed E-state index contributed by atoms with van der Waals surface area (Å²) in [6.45, 7) is 2.80. The summed E-state index contributed by atoms with van der Waals surface area (Å²) in [5.74, 6) is 2.17. The van der Waals surface area contributed by atoms with Crippen LogP contribution >= 0.6 is 12.4 Å². The first kappa shape index (κ1) is 19.1. The highest BCUT2D eigenvalue weighted by molar-refractivity contribution is 5.92. The van der Waals surface area contributed by atoms with Crippen LogP contribution in [0.25, 0.3) is 0 Å². The maximum absolute atomic E-state index is 12.6. The van der Waals surface area contributed by atoms with Gasteiger partial charge in [-0.3, -0.25) is 4.79 Å². The summed E-state index contributed by atoms with van der Waals surface area (Å²) < 4.78 is 5.57. The zero-order valence-corrected chi connectivity index (χ0v) is 15.2. The van der Waals surface area contributed by atoms with E-state index in [-0.39, 0.29) is 24.2 Å². The summed E-state index contributed by atoms with van der Waals surface area (Å²) in [5.41, 5.74) is 7.16. The van der Waals surface area contributed by atoms with Crippen molar-refractivity contribution in [3.05, 3.63) is 24.3 Å². The maximum atomic E-state index is 12.6. The molecule has 24 heavy (non-hydrogen) atoms. The van der Waals surface area contributed by atoms with Crippen molar-refractivity contribution in [2.45, 2.75) is 51.5 Å². The highest BCUT2D eigenvalue weighted by Gasteiger charge is 2.40. The molecular formula is C19H29ClN2O2. The van der Waals surface area contributed by atoms with Crippen LogP contribution in [0.4, 0.5) is 5.69 Å². The van der Waals surface area contributed by atoms with Crippen molar-refractivity contribution in [2.75, 3.05) is 11.9 Å². The molecular weight excluding hydrogens is 324 g/mol. The van der Waals surface area contributed by atoms with Gasteiger partial charge >= 0.3 is 0 Å². The van der Waals surface area contributed by atoms with Crippen LogP contribution in [-0.4, -0.2) is 18.6 Å². The third-order valence-corrected chi connectivity index (χ3v) is 5.38. The summed E-state index contributed by atoms with van der Waals surface area (Å²) in [4.78, 5) is 12.6. The number of hydrogen-bond acceptors (Lipinski definition) is 3. The van der Waals surface area contributed by atoms with E-state index in [4.69, 9.17) is 10.5 Å². The Morgan fingerprint density at radius 3 is 2.42 bits per heavy atom. The Hall–Kier alpha value is -1.26. The first-order valence-corrected chi connectivity index (χ1v) is 8.96. The Labute approximate surface area is 150 Å². The largest absolute Gasteiger partial charge is 0.494 e. The quantitative estimate of drug-likeness (QED) is 0.842. The van der Waals surface area contributed by atoms with Gasteiger partial charge in [0.25, 0.3) is 0 Å². The molecule has 1 aromatic rings. The van der Waals surface area contributed by atoms with Crippen LogP contribution in [0.1, 0.15) is 45.4 Å². The fourth-order valence-corrected chi connectivity index (χ4v) is 4.10. The predicted octanol–water partition coefficient (Wildman–Crippen LogP) is 3.99. The fourth-order valence-electron chi connectivity index (χ4n) is 4.10. The topological polar surface area (TPSA) is 64.3 Å². The van der Waals surface area contributed by atoms with Crippen LogP contribution < -0.4 is 15.8 Å². The normalized spacial score (nSPS) is 28.6. The smallest absolute Gasteiger partial charge is 0.227 e. The Kier molecular flexibility index (Phi) is 6.93. The molecule has 0 aliphatic heterocycles. The van der Waals surface area contributed by atoms with E-state index in [0.717, 1.165) is 37.3 Å². The van der Waals surface area contributed by atoms with Crippen LogP contribution in [0.5, 0.6) is 5.75 Å². The van der Waals surface area contributed by atoms with E-state index in [1.54, 1.807) is 0 Å². The lowest BCUT2D eigenvalue weighted by atomic mass is 9.65. The molecule has 4 nitrogen and oxygen atoms in total. The minimum Gasteiger partial charge on any atom is -0.494 e. The Balaban J connectivity index is 0.00000208. The zero-order chi connectivity index (χ0) is 16.2. The molecule has 2 unspecified atom stereocenters. The number of hydrogen-bond donors (Lipinski definition) is 2. The van der Waals surface area contributed by atoms with Gasteiger partial charge in [-0.05, 0) is 68.2 Å². The van der Waals surface area contributed by atoms with Gasteiger partial charge in [0.2, 0.25) is 5.91 Å². The second-order valence-electron chi connectivity index (χ2n) is 7.06. The molecule has 0 radical (unpaired) electrons. The number of anilines is 1. The summed E-state index contributed by atoms with van der Waals surface area (Å²) in [6.07, 6.45) is 6.53. The summed E-state index contributed by atoms with van der Waals surface area (Å²) >= 11 is 0. The number of nitrogens with one attached hydrogen (secondary N) is 1. The minimum atomic E-state index is 0. The van der Waals surface area contributed by atoms with E-state index in [1.165, 1.54) is 19.3 Å². The monoisotopic (exact) mass is 352 g/mol. The number of fused-ring (bicyclic) bond motifs is 2. The number of amides is 1. The SMILES string of the molecule is CCCOc1ccc(NC(=O)C2CC3CCCC(C2)C3N)cc1.Cl. The van der Waals surface area contributed by atoms with Gasteiger partial charge in [-0.2, -0.15) is 0 Å². The van der Waals surface area contributed by atoms with Crippen LogP contribution in [-0.2, 0) is 4.79 Å². The molecule has 1 aromatic carbocycles. The molecule has 1 amide bonds. The molecule has 2 fully saturated rings. The Morgan fingerprint density at radius 2 is 1.83 bits per heavy atom. The van der Waals surface area contributed by atoms with Crippen molar-refractivity contribution >= 4 is 24.0 Å². The average Bonchev–Trinajstić information content (AvgIpc) is 2.54. The predicted molar refractivity (Wildman–Crippen MR) is 99.6 cm³/mol. The van der Waals surface area contributed by atoms with Gasteiger partial charge in [-0.15, -0.1) is 12.4 Å². The second-order valence-corrected chi connectivity index (χ2v) is 7.06. The van der Waals surface area contributed by atoms with Crippen LogP contribution in [0.2, 0.25) is 0 Å². The van der Waals surface area contributed by atoms with Gasteiger partial charge in [0.1, 0.15) is 5.75 Å². The number of benzene rings is 1. The second kappa shape index (κ2) is 8.72. The summed E-state index contributed by atoms with van der Waals surface area (Å²) in [7, 11) is 0. The number of carbonyl (C=O) groups is 1. The number of nitrogens with two attached hydrogens (primary N) is 1. The lowest BCUT2D eigenvalue weighted by molar-refractivity contribution is -0.122. The van der Waals surface area contributed by atoms with Gasteiger partial charge in [0, 0.05) is 17.6 Å². The lowest BCUT2D eigenvalue weighted by Crippen LogP contribution is -2.48. The van der Waals surface area contributed by atoms with Gasteiger partial charge in [-0.1, -0.05) is 13.3 Å². The van der Waals surface area contributed by atoms with E-state index in [0.29, 0.717) is 17.9 Å². The number of ether oxygens (including phenoxy) is 1. The third kappa shape index (κ3) is 4.42. The molecule has 134 valence electrons. The van der Waals surface area contributed by atoms with E-state index >= 15 is 0 Å². The number of halogens is 1. The minimum absolute atomic E-state index is 0. The van der Waals surface area contributed by atoms with Crippen molar-refractivity contribution in [1.29, 1.82) is 0 Å². The highest BCUT2D eigenvalue weighted by atomic mass is 35.5. The molecule has 0 saturated heterocycles. The molecule has 5 heteroatoms.